The quantitative estimate of drug-likeness (QED) is 0.799. The third-order valence-corrected chi connectivity index (χ3v) is 5.16. The van der Waals surface area contributed by atoms with Crippen LogP contribution in [-0.4, -0.2) is 22.9 Å². The minimum absolute atomic E-state index is 0.496. The molecule has 1 aromatic rings. The van der Waals surface area contributed by atoms with Gasteiger partial charge in [0.25, 0.3) is 0 Å². The van der Waals surface area contributed by atoms with Gasteiger partial charge in [0.15, 0.2) is 0 Å². The van der Waals surface area contributed by atoms with Crippen LogP contribution in [0, 0.1) is 0 Å². The number of aromatic nitrogens is 2. The number of hydrogen-bond acceptors (Lipinski definition) is 2. The van der Waals surface area contributed by atoms with Gasteiger partial charge in [-0.1, -0.05) is 18.6 Å². The van der Waals surface area contributed by atoms with E-state index in [1.165, 1.54) is 35.8 Å². The third kappa shape index (κ3) is 3.73. The van der Waals surface area contributed by atoms with E-state index in [0.29, 0.717) is 6.04 Å². The van der Waals surface area contributed by atoms with Crippen molar-refractivity contribution >= 4 is 15.9 Å². The number of nitrogens with zero attached hydrogens (tertiary/aromatic N) is 2. The van der Waals surface area contributed by atoms with Crippen LogP contribution in [0.1, 0.15) is 50.4 Å². The van der Waals surface area contributed by atoms with Gasteiger partial charge in [0, 0.05) is 19.5 Å². The van der Waals surface area contributed by atoms with Crippen molar-refractivity contribution in [3.63, 3.8) is 0 Å². The van der Waals surface area contributed by atoms with E-state index in [1.54, 1.807) is 5.57 Å². The Labute approximate surface area is 131 Å². The summed E-state index contributed by atoms with van der Waals surface area (Å²) in [6, 6.07) is 0.496. The lowest BCUT2D eigenvalue weighted by Crippen LogP contribution is -2.29. The summed E-state index contributed by atoms with van der Waals surface area (Å²) < 4.78 is 3.23. The molecule has 1 aliphatic carbocycles. The van der Waals surface area contributed by atoms with Crippen LogP contribution in [0.5, 0.6) is 0 Å². The average molecular weight is 340 g/mol. The Morgan fingerprint density at radius 2 is 2.20 bits per heavy atom. The highest BCUT2D eigenvalue weighted by Crippen LogP contribution is 2.26. The molecule has 0 spiro atoms. The van der Waals surface area contributed by atoms with Crippen LogP contribution >= 0.6 is 15.9 Å². The van der Waals surface area contributed by atoms with Crippen LogP contribution in [-0.2, 0) is 19.9 Å². The SMILES string of the molecule is CCc1nn(C)c(CC(CC2=CCCCC2)NC)c1Br. The van der Waals surface area contributed by atoms with Gasteiger partial charge in [0.05, 0.1) is 15.9 Å². The number of allylic oxidation sites excluding steroid dienone is 1. The predicted octanol–water partition coefficient (Wildman–Crippen LogP) is 3.77. The summed E-state index contributed by atoms with van der Waals surface area (Å²) in [6.07, 6.45) is 10.9. The molecule has 1 heterocycles. The number of aryl methyl sites for hydroxylation is 2. The smallest absolute Gasteiger partial charge is 0.0766 e. The fourth-order valence-electron chi connectivity index (χ4n) is 2.96. The highest BCUT2D eigenvalue weighted by molar-refractivity contribution is 9.10. The molecule has 3 nitrogen and oxygen atoms in total. The van der Waals surface area contributed by atoms with Crippen molar-refractivity contribution in [2.75, 3.05) is 7.05 Å². The Morgan fingerprint density at radius 1 is 1.40 bits per heavy atom. The standard InChI is InChI=1S/C16H26BrN3/c1-4-14-16(17)15(20(3)19-14)11-13(18-2)10-12-8-6-5-7-9-12/h8,13,18H,4-7,9-11H2,1-3H3. The summed E-state index contributed by atoms with van der Waals surface area (Å²) in [5, 5.41) is 8.07. The van der Waals surface area contributed by atoms with Crippen molar-refractivity contribution in [2.45, 2.75) is 57.9 Å². The van der Waals surface area contributed by atoms with E-state index in [9.17, 15) is 0 Å². The van der Waals surface area contributed by atoms with Gasteiger partial charge in [-0.25, -0.2) is 0 Å². The summed E-state index contributed by atoms with van der Waals surface area (Å²) in [5.41, 5.74) is 4.09. The zero-order chi connectivity index (χ0) is 14.5. The van der Waals surface area contributed by atoms with E-state index in [1.807, 2.05) is 11.7 Å². The normalized spacial score (nSPS) is 17.1. The maximum Gasteiger partial charge on any atom is 0.0766 e. The van der Waals surface area contributed by atoms with E-state index in [4.69, 9.17) is 0 Å². The minimum atomic E-state index is 0.496. The van der Waals surface area contributed by atoms with Gasteiger partial charge in [-0.15, -0.1) is 0 Å². The minimum Gasteiger partial charge on any atom is -0.316 e. The topological polar surface area (TPSA) is 29.9 Å². The molecule has 0 saturated heterocycles. The monoisotopic (exact) mass is 339 g/mol. The van der Waals surface area contributed by atoms with Gasteiger partial charge in [-0.05, 0) is 61.5 Å². The van der Waals surface area contributed by atoms with Gasteiger partial charge in [-0.3, -0.25) is 4.68 Å². The number of nitrogens with one attached hydrogen (secondary N) is 1. The molecule has 1 aliphatic rings. The maximum atomic E-state index is 4.59. The lowest BCUT2D eigenvalue weighted by Gasteiger charge is -2.20. The Balaban J connectivity index is 2.06. The number of halogens is 1. The molecule has 0 saturated carbocycles. The highest BCUT2D eigenvalue weighted by atomic mass is 79.9. The Bertz CT molecular complexity index is 476. The molecule has 1 N–H and O–H groups in total. The van der Waals surface area contributed by atoms with Crippen LogP contribution in [0.2, 0.25) is 0 Å². The Morgan fingerprint density at radius 3 is 2.75 bits per heavy atom. The lowest BCUT2D eigenvalue weighted by atomic mass is 9.93. The van der Waals surface area contributed by atoms with Gasteiger partial charge < -0.3 is 5.32 Å². The molecular weight excluding hydrogens is 314 g/mol. The second kappa shape index (κ2) is 7.41. The molecule has 0 amide bonds. The molecule has 4 heteroatoms. The van der Waals surface area contributed by atoms with Crippen LogP contribution < -0.4 is 5.32 Å². The summed E-state index contributed by atoms with van der Waals surface area (Å²) in [5.74, 6) is 0. The lowest BCUT2D eigenvalue weighted by molar-refractivity contribution is 0.514. The summed E-state index contributed by atoms with van der Waals surface area (Å²) in [7, 11) is 4.12. The molecule has 0 bridgehead atoms. The predicted molar refractivity (Wildman–Crippen MR) is 88.0 cm³/mol. The largest absolute Gasteiger partial charge is 0.316 e. The fraction of sp³-hybridized carbons (Fsp3) is 0.688. The Kier molecular flexibility index (Phi) is 5.85. The summed E-state index contributed by atoms with van der Waals surface area (Å²) in [6.45, 7) is 2.15. The second-order valence-electron chi connectivity index (χ2n) is 5.69. The van der Waals surface area contributed by atoms with E-state index < -0.39 is 0 Å². The van der Waals surface area contributed by atoms with E-state index in [0.717, 1.165) is 25.0 Å². The van der Waals surface area contributed by atoms with Crippen LogP contribution in [0.15, 0.2) is 16.1 Å². The molecule has 2 rings (SSSR count). The van der Waals surface area contributed by atoms with Crippen LogP contribution in [0.4, 0.5) is 0 Å². The number of likely N-dealkylation sites (N-methyl/N-ethyl adjacent to an activating group) is 1. The van der Waals surface area contributed by atoms with E-state index >= 15 is 0 Å². The highest BCUT2D eigenvalue weighted by Gasteiger charge is 2.18. The number of hydrogen-bond donors (Lipinski definition) is 1. The maximum absolute atomic E-state index is 4.59. The van der Waals surface area contributed by atoms with Crippen molar-refractivity contribution in [1.82, 2.24) is 15.1 Å². The van der Waals surface area contributed by atoms with Crippen molar-refractivity contribution < 1.29 is 0 Å². The van der Waals surface area contributed by atoms with Crippen molar-refractivity contribution in [2.24, 2.45) is 7.05 Å². The molecule has 1 atom stereocenters. The summed E-state index contributed by atoms with van der Waals surface area (Å²) >= 11 is 3.72. The van der Waals surface area contributed by atoms with Crippen molar-refractivity contribution in [3.05, 3.63) is 27.5 Å². The van der Waals surface area contributed by atoms with Crippen LogP contribution in [0.3, 0.4) is 0 Å². The second-order valence-corrected chi connectivity index (χ2v) is 6.48. The molecule has 1 unspecified atom stereocenters. The molecule has 0 aliphatic heterocycles. The zero-order valence-corrected chi connectivity index (χ0v) is 14.5. The van der Waals surface area contributed by atoms with Gasteiger partial charge in [-0.2, -0.15) is 5.10 Å². The van der Waals surface area contributed by atoms with Gasteiger partial charge in [0.1, 0.15) is 0 Å². The van der Waals surface area contributed by atoms with Crippen molar-refractivity contribution in [1.29, 1.82) is 0 Å². The molecule has 0 aromatic carbocycles. The first kappa shape index (κ1) is 15.8. The molecule has 0 fully saturated rings. The van der Waals surface area contributed by atoms with Gasteiger partial charge in [0.2, 0.25) is 0 Å². The van der Waals surface area contributed by atoms with E-state index in [2.05, 4.69) is 46.4 Å². The third-order valence-electron chi connectivity index (χ3n) is 4.24. The van der Waals surface area contributed by atoms with E-state index in [-0.39, 0.29) is 0 Å². The molecular formula is C16H26BrN3. The number of rotatable bonds is 6. The fourth-order valence-corrected chi connectivity index (χ4v) is 3.74. The Hall–Kier alpha value is -0.610. The molecule has 20 heavy (non-hydrogen) atoms. The first-order valence-corrected chi connectivity index (χ1v) is 8.50. The first-order chi connectivity index (χ1) is 9.65. The molecule has 0 radical (unpaired) electrons. The molecule has 112 valence electrons. The summed E-state index contributed by atoms with van der Waals surface area (Å²) in [4.78, 5) is 0. The molecule has 1 aromatic heterocycles. The first-order valence-electron chi connectivity index (χ1n) is 7.71. The van der Waals surface area contributed by atoms with Gasteiger partial charge >= 0.3 is 0 Å². The van der Waals surface area contributed by atoms with Crippen molar-refractivity contribution in [3.8, 4) is 0 Å². The average Bonchev–Trinajstić information content (AvgIpc) is 2.74. The zero-order valence-electron chi connectivity index (χ0n) is 12.9. The van der Waals surface area contributed by atoms with Crippen LogP contribution in [0.25, 0.3) is 0 Å².